The van der Waals surface area contributed by atoms with Gasteiger partial charge in [-0.2, -0.15) is 0 Å². The summed E-state index contributed by atoms with van der Waals surface area (Å²) >= 11 is 1.64. The zero-order valence-electron chi connectivity index (χ0n) is 6.51. The number of rotatable bonds is 3. The lowest BCUT2D eigenvalue weighted by molar-refractivity contribution is 0.843. The molecule has 0 rings (SSSR count). The van der Waals surface area contributed by atoms with Gasteiger partial charge in [0, 0.05) is 11.3 Å². The number of hydrogen-bond donors (Lipinski definition) is 0. The van der Waals surface area contributed by atoms with E-state index in [9.17, 15) is 0 Å². The Hall–Kier alpha value is 0.0200. The Bertz CT molecular complexity index is 86.9. The van der Waals surface area contributed by atoms with E-state index in [1.807, 2.05) is 13.8 Å². The van der Waals surface area contributed by atoms with Gasteiger partial charge in [-0.15, -0.1) is 11.8 Å². The minimum atomic E-state index is 0.385. The van der Waals surface area contributed by atoms with Crippen LogP contribution in [0.4, 0.5) is 0 Å². The first-order chi connectivity index (χ1) is 4.13. The van der Waals surface area contributed by atoms with Crippen LogP contribution in [-0.2, 0) is 0 Å². The van der Waals surface area contributed by atoms with Crippen LogP contribution < -0.4 is 0 Å². The molecule has 0 bridgehead atoms. The molecule has 0 atom stereocenters. The fourth-order valence-electron chi connectivity index (χ4n) is 0.241. The molecule has 0 aromatic heterocycles. The minimum absolute atomic E-state index is 0.385. The molecule has 0 aliphatic rings. The first-order valence-corrected chi connectivity index (χ1v) is 4.11. The molecule has 0 aromatic carbocycles. The Morgan fingerprint density at radius 2 is 1.78 bits per heavy atom. The van der Waals surface area contributed by atoms with E-state index in [0.717, 1.165) is 0 Å². The molecule has 1 radical (unpaired) electrons. The number of thioether (sulfide) groups is 1. The Kier molecular flexibility index (Phi) is 4.87. The van der Waals surface area contributed by atoms with Crippen molar-refractivity contribution in [2.75, 3.05) is 0 Å². The van der Waals surface area contributed by atoms with Gasteiger partial charge in [-0.25, -0.2) is 0 Å². The third-order valence-corrected chi connectivity index (χ3v) is 1.28. The average molecular weight is 144 g/mol. The van der Waals surface area contributed by atoms with E-state index in [1.54, 1.807) is 11.8 Å². The Morgan fingerprint density at radius 3 is 2.11 bits per heavy atom. The van der Waals surface area contributed by atoms with Crippen LogP contribution in [0.1, 0.15) is 27.7 Å². The van der Waals surface area contributed by atoms with Crippen molar-refractivity contribution in [3.63, 3.8) is 0 Å². The summed E-state index contributed by atoms with van der Waals surface area (Å²) < 4.78 is 0. The number of aliphatic imine (C=N–C) groups is 1. The summed E-state index contributed by atoms with van der Waals surface area (Å²) in [6.07, 6.45) is 0. The van der Waals surface area contributed by atoms with Crippen LogP contribution in [0.5, 0.6) is 0 Å². The average Bonchev–Trinajstić information content (AvgIpc) is 1.63. The molecule has 0 unspecified atom stereocenters. The maximum absolute atomic E-state index is 4.08. The van der Waals surface area contributed by atoms with Crippen LogP contribution in [0.15, 0.2) is 4.99 Å². The van der Waals surface area contributed by atoms with E-state index >= 15 is 0 Å². The van der Waals surface area contributed by atoms with E-state index in [0.29, 0.717) is 11.3 Å². The van der Waals surface area contributed by atoms with E-state index < -0.39 is 0 Å². The van der Waals surface area contributed by atoms with Crippen molar-refractivity contribution < 1.29 is 0 Å². The summed E-state index contributed by atoms with van der Waals surface area (Å²) in [5, 5.41) is 0.604. The van der Waals surface area contributed by atoms with E-state index in [-0.39, 0.29) is 0 Å². The van der Waals surface area contributed by atoms with Gasteiger partial charge in [0.2, 0.25) is 0 Å². The number of hydrogen-bond acceptors (Lipinski definition) is 2. The highest BCUT2D eigenvalue weighted by Crippen LogP contribution is 2.04. The Morgan fingerprint density at radius 1 is 1.22 bits per heavy atom. The fourth-order valence-corrected chi connectivity index (χ4v) is 0.724. The molecule has 2 heteroatoms. The molecule has 9 heavy (non-hydrogen) atoms. The highest BCUT2D eigenvalue weighted by Gasteiger charge is 1.89. The molecule has 0 aliphatic carbocycles. The van der Waals surface area contributed by atoms with Gasteiger partial charge in [0.05, 0.1) is 0 Å². The Balaban J connectivity index is 3.25. The second-order valence-electron chi connectivity index (χ2n) is 2.48. The first-order valence-electron chi connectivity index (χ1n) is 3.23. The molecule has 0 aliphatic heterocycles. The van der Waals surface area contributed by atoms with Crippen molar-refractivity contribution in [3.8, 4) is 0 Å². The minimum Gasteiger partial charge on any atom is -0.273 e. The van der Waals surface area contributed by atoms with Gasteiger partial charge in [-0.1, -0.05) is 13.8 Å². The van der Waals surface area contributed by atoms with Crippen molar-refractivity contribution in [1.29, 1.82) is 0 Å². The summed E-state index contributed by atoms with van der Waals surface area (Å²) in [5.41, 5.74) is 2.93. The van der Waals surface area contributed by atoms with Gasteiger partial charge in [-0.05, 0) is 13.8 Å². The lowest BCUT2D eigenvalue weighted by atomic mass is 10.4. The van der Waals surface area contributed by atoms with Gasteiger partial charge in [-0.3, -0.25) is 4.99 Å². The SMILES string of the molecule is CC(C)N=[C]SC(C)C. The highest BCUT2D eigenvalue weighted by atomic mass is 32.2. The van der Waals surface area contributed by atoms with Crippen molar-refractivity contribution in [2.24, 2.45) is 4.99 Å². The van der Waals surface area contributed by atoms with Gasteiger partial charge >= 0.3 is 0 Å². The van der Waals surface area contributed by atoms with Crippen LogP contribution in [-0.4, -0.2) is 16.8 Å². The molecule has 0 N–H and O–H groups in total. The quantitative estimate of drug-likeness (QED) is 0.438. The zero-order valence-corrected chi connectivity index (χ0v) is 7.33. The summed E-state index contributed by atoms with van der Waals surface area (Å²) in [6.45, 7) is 8.36. The van der Waals surface area contributed by atoms with Gasteiger partial charge in [0.15, 0.2) is 0 Å². The van der Waals surface area contributed by atoms with Crippen molar-refractivity contribution in [1.82, 2.24) is 0 Å². The summed E-state index contributed by atoms with van der Waals surface area (Å²) in [6, 6.07) is 0.385. The molecule has 0 saturated carbocycles. The van der Waals surface area contributed by atoms with E-state index in [1.165, 1.54) is 0 Å². The first kappa shape index (κ1) is 9.02. The monoisotopic (exact) mass is 144 g/mol. The van der Waals surface area contributed by atoms with Crippen LogP contribution in [0.25, 0.3) is 0 Å². The summed E-state index contributed by atoms with van der Waals surface area (Å²) in [7, 11) is 0. The lowest BCUT2D eigenvalue weighted by Gasteiger charge is -1.96. The summed E-state index contributed by atoms with van der Waals surface area (Å²) in [4.78, 5) is 4.08. The molecular formula is C7H14NS. The van der Waals surface area contributed by atoms with Gasteiger partial charge < -0.3 is 0 Å². The lowest BCUT2D eigenvalue weighted by Crippen LogP contribution is -1.90. The van der Waals surface area contributed by atoms with Crippen molar-refractivity contribution >= 4 is 17.3 Å². The highest BCUT2D eigenvalue weighted by molar-refractivity contribution is 8.12. The largest absolute Gasteiger partial charge is 0.273 e. The molecule has 0 saturated heterocycles. The van der Waals surface area contributed by atoms with Gasteiger partial charge in [0.1, 0.15) is 5.55 Å². The predicted molar refractivity (Wildman–Crippen MR) is 45.3 cm³/mol. The van der Waals surface area contributed by atoms with Crippen LogP contribution in [0.2, 0.25) is 0 Å². The molecule has 0 aromatic rings. The third kappa shape index (κ3) is 8.02. The van der Waals surface area contributed by atoms with Crippen LogP contribution >= 0.6 is 11.8 Å². The van der Waals surface area contributed by atoms with E-state index in [2.05, 4.69) is 24.4 Å². The second kappa shape index (κ2) is 4.86. The zero-order chi connectivity index (χ0) is 7.28. The van der Waals surface area contributed by atoms with Crippen molar-refractivity contribution in [3.05, 3.63) is 0 Å². The standard InChI is InChI=1S/C7H14NS/c1-6(2)8-5-9-7(3)4/h6-7H,1-4H3. The van der Waals surface area contributed by atoms with Crippen molar-refractivity contribution in [2.45, 2.75) is 39.0 Å². The topological polar surface area (TPSA) is 12.4 Å². The molecule has 0 heterocycles. The molecule has 0 fully saturated rings. The Labute approximate surface area is 61.9 Å². The predicted octanol–water partition coefficient (Wildman–Crippen LogP) is 2.44. The van der Waals surface area contributed by atoms with Gasteiger partial charge in [0.25, 0.3) is 0 Å². The molecule has 1 nitrogen and oxygen atoms in total. The third-order valence-electron chi connectivity index (χ3n) is 0.599. The molecular weight excluding hydrogens is 130 g/mol. The fraction of sp³-hybridized carbons (Fsp3) is 0.857. The maximum atomic E-state index is 4.08. The smallest absolute Gasteiger partial charge is 0.123 e. The van der Waals surface area contributed by atoms with E-state index in [4.69, 9.17) is 0 Å². The maximum Gasteiger partial charge on any atom is 0.123 e. The normalized spacial score (nSPS) is 12.2. The summed E-state index contributed by atoms with van der Waals surface area (Å²) in [5.74, 6) is 0. The second-order valence-corrected chi connectivity index (χ2v) is 3.84. The molecule has 53 valence electrons. The molecule has 0 amide bonds. The number of nitrogens with zero attached hydrogens (tertiary/aromatic N) is 1. The van der Waals surface area contributed by atoms with Crippen LogP contribution in [0.3, 0.4) is 0 Å². The van der Waals surface area contributed by atoms with Crippen LogP contribution in [0, 0.1) is 0 Å². The molecule has 0 spiro atoms.